The lowest BCUT2D eigenvalue weighted by atomic mass is 10.4. The molecular formula is C5H10O2S. The first-order valence-electron chi connectivity index (χ1n) is 2.49. The van der Waals surface area contributed by atoms with Crippen molar-refractivity contribution in [2.75, 3.05) is 5.75 Å². The molecule has 0 aliphatic carbocycles. The lowest BCUT2D eigenvalue weighted by Crippen LogP contribution is -1.88. The van der Waals surface area contributed by atoms with E-state index in [1.807, 2.05) is 13.0 Å². The highest BCUT2D eigenvalue weighted by atomic mass is 32.2. The van der Waals surface area contributed by atoms with Crippen LogP contribution in [0.3, 0.4) is 0 Å². The Bertz CT molecular complexity index is 98.6. The first-order chi connectivity index (χ1) is 3.77. The van der Waals surface area contributed by atoms with Crippen molar-refractivity contribution in [3.8, 4) is 0 Å². The summed E-state index contributed by atoms with van der Waals surface area (Å²) < 4.78 is 18.1. The Hall–Kier alpha value is -0.150. The zero-order valence-electron chi connectivity index (χ0n) is 4.83. The van der Waals surface area contributed by atoms with Gasteiger partial charge in [0.1, 0.15) is 0 Å². The Morgan fingerprint density at radius 3 is 2.62 bits per heavy atom. The van der Waals surface area contributed by atoms with Gasteiger partial charge in [0, 0.05) is 0 Å². The van der Waals surface area contributed by atoms with E-state index in [1.54, 1.807) is 6.08 Å². The number of hydrogen-bond acceptors (Lipinski definition) is 1. The molecule has 8 heavy (non-hydrogen) atoms. The first-order valence-corrected chi connectivity index (χ1v) is 3.77. The highest BCUT2D eigenvalue weighted by molar-refractivity contribution is 7.79. The molecule has 0 bridgehead atoms. The lowest BCUT2D eigenvalue weighted by Gasteiger charge is -1.81. The van der Waals surface area contributed by atoms with Gasteiger partial charge in [-0.3, -0.25) is 0 Å². The van der Waals surface area contributed by atoms with Crippen molar-refractivity contribution < 1.29 is 8.76 Å². The largest absolute Gasteiger partial charge is 0.306 e. The van der Waals surface area contributed by atoms with Crippen LogP contribution in [0.2, 0.25) is 0 Å². The molecule has 1 atom stereocenters. The Labute approximate surface area is 51.9 Å². The van der Waals surface area contributed by atoms with E-state index >= 15 is 0 Å². The zero-order chi connectivity index (χ0) is 6.41. The van der Waals surface area contributed by atoms with Crippen molar-refractivity contribution in [2.24, 2.45) is 0 Å². The molecule has 0 rings (SSSR count). The van der Waals surface area contributed by atoms with Gasteiger partial charge in [0.2, 0.25) is 0 Å². The zero-order valence-corrected chi connectivity index (χ0v) is 5.65. The van der Waals surface area contributed by atoms with E-state index in [1.165, 1.54) is 0 Å². The molecule has 0 aliphatic rings. The topological polar surface area (TPSA) is 37.3 Å². The highest BCUT2D eigenvalue weighted by Crippen LogP contribution is 1.80. The van der Waals surface area contributed by atoms with Crippen molar-refractivity contribution in [2.45, 2.75) is 13.3 Å². The fourth-order valence-corrected chi connectivity index (χ4v) is 0.618. The first kappa shape index (κ1) is 7.85. The molecule has 0 radical (unpaired) electrons. The Morgan fingerprint density at radius 1 is 1.62 bits per heavy atom. The minimum atomic E-state index is -1.65. The molecule has 1 N–H and O–H groups in total. The van der Waals surface area contributed by atoms with Crippen molar-refractivity contribution in [3.63, 3.8) is 0 Å². The van der Waals surface area contributed by atoms with Gasteiger partial charge in [-0.25, -0.2) is 4.21 Å². The van der Waals surface area contributed by atoms with Crippen LogP contribution in [0.5, 0.6) is 0 Å². The van der Waals surface area contributed by atoms with Gasteiger partial charge in [-0.2, -0.15) is 0 Å². The normalized spacial score (nSPS) is 14.8. The average Bonchev–Trinajstić information content (AvgIpc) is 1.66. The van der Waals surface area contributed by atoms with Gasteiger partial charge < -0.3 is 4.55 Å². The summed E-state index contributed by atoms with van der Waals surface area (Å²) in [6.07, 6.45) is 4.50. The fraction of sp³-hybridized carbons (Fsp3) is 0.600. The van der Waals surface area contributed by atoms with Crippen LogP contribution in [0.15, 0.2) is 12.2 Å². The van der Waals surface area contributed by atoms with E-state index < -0.39 is 11.1 Å². The summed E-state index contributed by atoms with van der Waals surface area (Å²) in [5, 5.41) is 0. The second kappa shape index (κ2) is 5.00. The minimum Gasteiger partial charge on any atom is -0.306 e. The van der Waals surface area contributed by atoms with Crippen molar-refractivity contribution in [1.82, 2.24) is 0 Å². The Kier molecular flexibility index (Phi) is 4.90. The van der Waals surface area contributed by atoms with E-state index in [0.29, 0.717) is 0 Å². The number of allylic oxidation sites excluding steroid dienone is 1. The van der Waals surface area contributed by atoms with Crippen LogP contribution >= 0.6 is 0 Å². The maximum absolute atomic E-state index is 9.93. The van der Waals surface area contributed by atoms with Gasteiger partial charge in [0.15, 0.2) is 11.1 Å². The Morgan fingerprint density at radius 2 is 2.25 bits per heavy atom. The van der Waals surface area contributed by atoms with E-state index in [0.717, 1.165) is 6.42 Å². The molecule has 0 saturated carbocycles. The number of rotatable bonds is 3. The molecule has 1 unspecified atom stereocenters. The van der Waals surface area contributed by atoms with Gasteiger partial charge in [0.25, 0.3) is 0 Å². The van der Waals surface area contributed by atoms with Crippen LogP contribution in [-0.2, 0) is 11.1 Å². The maximum Gasteiger partial charge on any atom is 0.156 e. The quantitative estimate of drug-likeness (QED) is 0.464. The Balaban J connectivity index is 3.16. The van der Waals surface area contributed by atoms with Crippen LogP contribution in [0.25, 0.3) is 0 Å². The third-order valence-corrected chi connectivity index (χ3v) is 1.12. The summed E-state index contributed by atoms with van der Waals surface area (Å²) in [6, 6.07) is 0. The van der Waals surface area contributed by atoms with E-state index in [9.17, 15) is 4.21 Å². The van der Waals surface area contributed by atoms with E-state index in [2.05, 4.69) is 0 Å². The lowest BCUT2D eigenvalue weighted by molar-refractivity contribution is 0.567. The highest BCUT2D eigenvalue weighted by Gasteiger charge is 1.82. The summed E-state index contributed by atoms with van der Waals surface area (Å²) in [4.78, 5) is 0. The predicted molar refractivity (Wildman–Crippen MR) is 35.1 cm³/mol. The molecule has 2 nitrogen and oxygen atoms in total. The molecular weight excluding hydrogens is 124 g/mol. The van der Waals surface area contributed by atoms with Crippen LogP contribution < -0.4 is 0 Å². The van der Waals surface area contributed by atoms with E-state index in [-0.39, 0.29) is 5.75 Å². The van der Waals surface area contributed by atoms with Crippen molar-refractivity contribution in [3.05, 3.63) is 12.2 Å². The molecule has 0 spiro atoms. The van der Waals surface area contributed by atoms with Gasteiger partial charge in [-0.1, -0.05) is 19.1 Å². The minimum absolute atomic E-state index is 0.258. The molecule has 0 heterocycles. The van der Waals surface area contributed by atoms with Gasteiger partial charge in [-0.15, -0.1) is 0 Å². The molecule has 0 aromatic heterocycles. The van der Waals surface area contributed by atoms with Crippen molar-refractivity contribution >= 4 is 11.1 Å². The molecule has 0 aromatic rings. The number of hydrogen-bond donors (Lipinski definition) is 1. The summed E-state index contributed by atoms with van der Waals surface area (Å²) in [6.45, 7) is 1.98. The molecule has 48 valence electrons. The molecule has 0 fully saturated rings. The monoisotopic (exact) mass is 134 g/mol. The van der Waals surface area contributed by atoms with Gasteiger partial charge in [-0.05, 0) is 6.42 Å². The van der Waals surface area contributed by atoms with Gasteiger partial charge in [0.05, 0.1) is 5.75 Å². The summed E-state index contributed by atoms with van der Waals surface area (Å²) in [5.74, 6) is 0.258. The second-order valence-electron chi connectivity index (χ2n) is 1.37. The van der Waals surface area contributed by atoms with Crippen LogP contribution in [0, 0.1) is 0 Å². The summed E-state index contributed by atoms with van der Waals surface area (Å²) in [7, 11) is 0. The predicted octanol–water partition coefficient (Wildman–Crippen LogP) is 1.17. The smallest absolute Gasteiger partial charge is 0.156 e. The van der Waals surface area contributed by atoms with Crippen LogP contribution in [0.1, 0.15) is 13.3 Å². The maximum atomic E-state index is 9.93. The van der Waals surface area contributed by atoms with Crippen molar-refractivity contribution in [1.29, 1.82) is 0 Å². The molecule has 0 amide bonds. The molecule has 0 aliphatic heterocycles. The van der Waals surface area contributed by atoms with Crippen LogP contribution in [0.4, 0.5) is 0 Å². The molecule has 3 heteroatoms. The fourth-order valence-electron chi connectivity index (χ4n) is 0.317. The second-order valence-corrected chi connectivity index (χ2v) is 2.34. The third-order valence-electron chi connectivity index (χ3n) is 0.641. The van der Waals surface area contributed by atoms with Crippen LogP contribution in [-0.4, -0.2) is 14.5 Å². The molecule has 0 saturated heterocycles. The average molecular weight is 134 g/mol. The van der Waals surface area contributed by atoms with E-state index in [4.69, 9.17) is 4.55 Å². The standard InChI is InChI=1S/C5H10O2S/c1-2-3-4-5-8(6)7/h3-4H,2,5H2,1H3,(H,6,7). The molecule has 0 aromatic carbocycles. The summed E-state index contributed by atoms with van der Waals surface area (Å²) >= 11 is -1.65. The third kappa shape index (κ3) is 5.85. The summed E-state index contributed by atoms with van der Waals surface area (Å²) in [5.41, 5.74) is 0. The SMILES string of the molecule is CCC=CCS(=O)O. The van der Waals surface area contributed by atoms with Gasteiger partial charge >= 0.3 is 0 Å².